The van der Waals surface area contributed by atoms with Crippen LogP contribution in [0.2, 0.25) is 0 Å². The summed E-state index contributed by atoms with van der Waals surface area (Å²) < 4.78 is 0. The summed E-state index contributed by atoms with van der Waals surface area (Å²) in [5.74, 6) is -2.01. The summed E-state index contributed by atoms with van der Waals surface area (Å²) in [7, 11) is 0. The lowest BCUT2D eigenvalue weighted by molar-refractivity contribution is 0.0409. The molecule has 2 N–H and O–H groups in total. The predicted molar refractivity (Wildman–Crippen MR) is 97.9 cm³/mol. The topological polar surface area (TPSA) is 103 Å². The Labute approximate surface area is 155 Å². The normalized spacial score (nSPS) is 10.1. The van der Waals surface area contributed by atoms with Gasteiger partial charge < -0.3 is 10.6 Å². The summed E-state index contributed by atoms with van der Waals surface area (Å²) in [6, 6.07) is 17.4. The van der Waals surface area contributed by atoms with E-state index in [1.807, 2.05) is 0 Å². The van der Waals surface area contributed by atoms with Crippen molar-refractivity contribution in [2.45, 2.75) is 0 Å². The molecule has 0 bridgehead atoms. The van der Waals surface area contributed by atoms with Gasteiger partial charge in [-0.1, -0.05) is 24.3 Å². The first-order valence-corrected chi connectivity index (χ1v) is 7.98. The third-order valence-corrected chi connectivity index (χ3v) is 3.64. The molecule has 0 fully saturated rings. The van der Waals surface area contributed by atoms with Gasteiger partial charge in [0.1, 0.15) is 0 Å². The molecule has 0 aliphatic carbocycles. The molecule has 1 aromatic heterocycles. The zero-order valence-corrected chi connectivity index (χ0v) is 14.1. The van der Waals surface area contributed by atoms with Crippen LogP contribution in [0.25, 0.3) is 0 Å². The number of pyridine rings is 1. The number of hydrogen-bond donors (Lipinski definition) is 1. The number of primary amides is 1. The minimum absolute atomic E-state index is 0.175. The van der Waals surface area contributed by atoms with Gasteiger partial charge in [0, 0.05) is 23.5 Å². The summed E-state index contributed by atoms with van der Waals surface area (Å²) >= 11 is 0. The van der Waals surface area contributed by atoms with Gasteiger partial charge in [-0.15, -0.1) is 5.06 Å². The molecule has 7 heteroatoms. The summed E-state index contributed by atoms with van der Waals surface area (Å²) in [5.41, 5.74) is 6.15. The number of carbonyl (C=O) groups is 3. The average molecular weight is 361 g/mol. The van der Waals surface area contributed by atoms with E-state index in [0.717, 1.165) is 5.06 Å². The van der Waals surface area contributed by atoms with Crippen molar-refractivity contribution in [1.29, 1.82) is 0 Å². The fraction of sp³-hybridized carbons (Fsp3) is 0. The highest BCUT2D eigenvalue weighted by molar-refractivity contribution is 6.07. The van der Waals surface area contributed by atoms with Crippen molar-refractivity contribution in [2.24, 2.45) is 5.73 Å². The molecule has 0 aliphatic heterocycles. The van der Waals surface area contributed by atoms with Crippen LogP contribution < -0.4 is 10.8 Å². The van der Waals surface area contributed by atoms with Crippen LogP contribution in [0.15, 0.2) is 79.1 Å². The molecule has 0 unspecified atom stereocenters. The Morgan fingerprint density at radius 1 is 0.852 bits per heavy atom. The number of hydroxylamine groups is 1. The molecule has 0 atom stereocenters. The first-order valence-electron chi connectivity index (χ1n) is 7.98. The highest BCUT2D eigenvalue weighted by Gasteiger charge is 2.24. The number of carbonyl (C=O) groups excluding carboxylic acids is 3. The van der Waals surface area contributed by atoms with Crippen LogP contribution in [-0.2, 0) is 4.84 Å². The summed E-state index contributed by atoms with van der Waals surface area (Å²) in [6.45, 7) is 0. The van der Waals surface area contributed by atoms with Gasteiger partial charge in [-0.25, -0.2) is 4.79 Å². The summed E-state index contributed by atoms with van der Waals surface area (Å²) in [6.07, 6.45) is 2.84. The summed E-state index contributed by atoms with van der Waals surface area (Å²) in [5, 5.41) is 0.830. The Hall–Kier alpha value is -4.00. The molecule has 3 rings (SSSR count). The number of rotatable bonds is 4. The van der Waals surface area contributed by atoms with Crippen LogP contribution in [-0.4, -0.2) is 22.8 Å². The quantitative estimate of drug-likeness (QED) is 0.720. The first-order chi connectivity index (χ1) is 13.1. The van der Waals surface area contributed by atoms with E-state index in [1.165, 1.54) is 36.7 Å². The number of amides is 2. The number of benzene rings is 2. The zero-order chi connectivity index (χ0) is 19.2. The van der Waals surface area contributed by atoms with E-state index in [1.54, 1.807) is 42.5 Å². The summed E-state index contributed by atoms with van der Waals surface area (Å²) in [4.78, 5) is 46.0. The Morgan fingerprint density at radius 2 is 1.56 bits per heavy atom. The highest BCUT2D eigenvalue weighted by atomic mass is 16.7. The maximum absolute atomic E-state index is 12.9. The Kier molecular flexibility index (Phi) is 5.22. The molecule has 1 heterocycles. The second kappa shape index (κ2) is 7.92. The maximum atomic E-state index is 12.9. The molecule has 0 radical (unpaired) electrons. The molecule has 7 nitrogen and oxygen atoms in total. The van der Waals surface area contributed by atoms with E-state index in [0.29, 0.717) is 5.56 Å². The lowest BCUT2D eigenvalue weighted by Gasteiger charge is -2.21. The smallest absolute Gasteiger partial charge is 0.365 e. The fourth-order valence-corrected chi connectivity index (χ4v) is 2.31. The van der Waals surface area contributed by atoms with Crippen LogP contribution in [0.4, 0.5) is 5.69 Å². The molecule has 0 spiro atoms. The number of aromatic nitrogens is 1. The molecule has 3 aromatic rings. The number of anilines is 1. The van der Waals surface area contributed by atoms with Gasteiger partial charge in [-0.05, 0) is 42.5 Å². The number of hydrogen-bond acceptors (Lipinski definition) is 5. The van der Waals surface area contributed by atoms with E-state index in [4.69, 9.17) is 10.6 Å². The van der Waals surface area contributed by atoms with Crippen LogP contribution in [0, 0.1) is 0 Å². The molecule has 2 aromatic carbocycles. The van der Waals surface area contributed by atoms with Gasteiger partial charge in [0.15, 0.2) is 0 Å². The van der Waals surface area contributed by atoms with Crippen molar-refractivity contribution < 1.29 is 19.2 Å². The van der Waals surface area contributed by atoms with Crippen LogP contribution in [0.1, 0.15) is 31.1 Å². The van der Waals surface area contributed by atoms with Gasteiger partial charge in [-0.3, -0.25) is 14.6 Å². The predicted octanol–water partition coefficient (Wildman–Crippen LogP) is 2.60. The zero-order valence-electron chi connectivity index (χ0n) is 14.1. The van der Waals surface area contributed by atoms with Crippen LogP contribution in [0.5, 0.6) is 0 Å². The van der Waals surface area contributed by atoms with E-state index >= 15 is 0 Å². The molecular weight excluding hydrogens is 346 g/mol. The largest absolute Gasteiger partial charge is 0.366 e. The van der Waals surface area contributed by atoms with Crippen molar-refractivity contribution >= 4 is 23.5 Å². The molecule has 2 amide bonds. The van der Waals surface area contributed by atoms with Crippen molar-refractivity contribution in [3.05, 3.63) is 95.8 Å². The Morgan fingerprint density at radius 3 is 2.22 bits per heavy atom. The van der Waals surface area contributed by atoms with Crippen molar-refractivity contribution in [3.63, 3.8) is 0 Å². The van der Waals surface area contributed by atoms with Crippen molar-refractivity contribution in [2.75, 3.05) is 5.06 Å². The maximum Gasteiger partial charge on any atom is 0.365 e. The third kappa shape index (κ3) is 4.16. The molecule has 0 aliphatic rings. The second-order valence-corrected chi connectivity index (χ2v) is 5.50. The van der Waals surface area contributed by atoms with Gasteiger partial charge in [0.2, 0.25) is 5.91 Å². The fourth-order valence-electron chi connectivity index (χ4n) is 2.31. The van der Waals surface area contributed by atoms with E-state index in [9.17, 15) is 14.4 Å². The Bertz CT molecular complexity index is 975. The third-order valence-electron chi connectivity index (χ3n) is 3.64. The van der Waals surface area contributed by atoms with Gasteiger partial charge in [0.25, 0.3) is 5.91 Å². The number of nitrogens with zero attached hydrogens (tertiary/aromatic N) is 2. The van der Waals surface area contributed by atoms with Crippen LogP contribution >= 0.6 is 0 Å². The second-order valence-electron chi connectivity index (χ2n) is 5.50. The lowest BCUT2D eigenvalue weighted by atomic mass is 10.1. The minimum atomic E-state index is -0.767. The van der Waals surface area contributed by atoms with E-state index in [2.05, 4.69) is 4.98 Å². The standard InChI is InChI=1S/C20H15N3O4/c21-18(24)15-8-4-10-17(12-15)23(19(25)14-6-2-1-3-7-14)27-20(26)16-9-5-11-22-13-16/h1-13H,(H2,21,24). The molecule has 27 heavy (non-hydrogen) atoms. The number of nitrogens with two attached hydrogens (primary N) is 1. The van der Waals surface area contributed by atoms with E-state index < -0.39 is 17.8 Å². The highest BCUT2D eigenvalue weighted by Crippen LogP contribution is 2.20. The van der Waals surface area contributed by atoms with Crippen LogP contribution in [0.3, 0.4) is 0 Å². The minimum Gasteiger partial charge on any atom is -0.366 e. The van der Waals surface area contributed by atoms with Gasteiger partial charge in [-0.2, -0.15) is 0 Å². The Balaban J connectivity index is 1.98. The van der Waals surface area contributed by atoms with Gasteiger partial charge >= 0.3 is 5.97 Å². The monoisotopic (exact) mass is 361 g/mol. The van der Waals surface area contributed by atoms with E-state index in [-0.39, 0.29) is 16.8 Å². The van der Waals surface area contributed by atoms with Crippen molar-refractivity contribution in [1.82, 2.24) is 4.98 Å². The lowest BCUT2D eigenvalue weighted by Crippen LogP contribution is -2.34. The SMILES string of the molecule is NC(=O)c1cccc(N(OC(=O)c2cccnc2)C(=O)c2ccccc2)c1. The van der Waals surface area contributed by atoms with Gasteiger partial charge in [0.05, 0.1) is 11.3 Å². The molecule has 0 saturated heterocycles. The molecule has 0 saturated carbocycles. The average Bonchev–Trinajstić information content (AvgIpc) is 2.72. The molecule has 134 valence electrons. The van der Waals surface area contributed by atoms with Crippen molar-refractivity contribution in [3.8, 4) is 0 Å². The first kappa shape index (κ1) is 17.8. The molecular formula is C20H15N3O4.